The van der Waals surface area contributed by atoms with E-state index in [1.807, 2.05) is 7.05 Å². The molecule has 0 radical (unpaired) electrons. The van der Waals surface area contributed by atoms with Crippen LogP contribution in [0.15, 0.2) is 12.1 Å². The molecule has 1 aromatic rings. The summed E-state index contributed by atoms with van der Waals surface area (Å²) in [5.74, 6) is 3.65. The third-order valence-electron chi connectivity index (χ3n) is 3.57. The third-order valence-corrected chi connectivity index (χ3v) is 4.62. The number of aromatic nitrogens is 1. The van der Waals surface area contributed by atoms with Gasteiger partial charge in [-0.3, -0.25) is 0 Å². The summed E-state index contributed by atoms with van der Waals surface area (Å²) in [6.07, 6.45) is 1.26. The molecule has 2 heterocycles. The summed E-state index contributed by atoms with van der Waals surface area (Å²) in [5.41, 5.74) is 2.62. The number of hydrogen-bond acceptors (Lipinski definition) is 4. The normalized spacial score (nSPS) is 17.1. The number of thioether (sulfide) groups is 1. The van der Waals surface area contributed by atoms with E-state index in [-0.39, 0.29) is 5.41 Å². The fourth-order valence-corrected chi connectivity index (χ4v) is 3.29. The lowest BCUT2D eigenvalue weighted by Crippen LogP contribution is -2.28. The van der Waals surface area contributed by atoms with E-state index >= 15 is 0 Å². The molecule has 0 atom stereocenters. The lowest BCUT2D eigenvalue weighted by Gasteiger charge is -2.26. The van der Waals surface area contributed by atoms with Crippen LogP contribution in [-0.2, 0) is 12.0 Å². The van der Waals surface area contributed by atoms with E-state index in [0.29, 0.717) is 0 Å². The third kappa shape index (κ3) is 4.13. The molecule has 1 aliphatic rings. The van der Waals surface area contributed by atoms with E-state index in [4.69, 9.17) is 4.98 Å². The molecule has 3 nitrogen and oxygen atoms in total. The summed E-state index contributed by atoms with van der Waals surface area (Å²) in [4.78, 5) is 7.39. The molecule has 1 N–H and O–H groups in total. The molecular formula is C16H27N3S. The number of pyridine rings is 1. The molecule has 1 saturated heterocycles. The second kappa shape index (κ2) is 6.81. The quantitative estimate of drug-likeness (QED) is 0.927. The van der Waals surface area contributed by atoms with Crippen LogP contribution >= 0.6 is 11.8 Å². The second-order valence-electron chi connectivity index (χ2n) is 6.45. The van der Waals surface area contributed by atoms with E-state index < -0.39 is 0 Å². The summed E-state index contributed by atoms with van der Waals surface area (Å²) in [6.45, 7) is 9.86. The van der Waals surface area contributed by atoms with Crippen LogP contribution in [-0.4, -0.2) is 36.6 Å². The van der Waals surface area contributed by atoms with Crippen molar-refractivity contribution in [3.05, 3.63) is 23.4 Å². The lowest BCUT2D eigenvalue weighted by molar-refractivity contribution is 0.565. The van der Waals surface area contributed by atoms with Gasteiger partial charge in [-0.1, -0.05) is 20.8 Å². The molecule has 1 aliphatic heterocycles. The minimum atomic E-state index is 0.0963. The van der Waals surface area contributed by atoms with E-state index in [1.165, 1.54) is 29.2 Å². The number of rotatable bonds is 3. The van der Waals surface area contributed by atoms with Crippen molar-refractivity contribution >= 4 is 17.6 Å². The van der Waals surface area contributed by atoms with E-state index in [9.17, 15) is 0 Å². The average molecular weight is 293 g/mol. The molecule has 112 valence electrons. The molecule has 0 spiro atoms. The number of nitrogens with one attached hydrogen (secondary N) is 1. The first kappa shape index (κ1) is 15.6. The highest BCUT2D eigenvalue weighted by molar-refractivity contribution is 7.99. The highest BCUT2D eigenvalue weighted by atomic mass is 32.2. The van der Waals surface area contributed by atoms with Crippen LogP contribution in [0.1, 0.15) is 38.4 Å². The van der Waals surface area contributed by atoms with Crippen LogP contribution in [0.5, 0.6) is 0 Å². The minimum Gasteiger partial charge on any atom is -0.356 e. The van der Waals surface area contributed by atoms with Gasteiger partial charge in [-0.25, -0.2) is 4.98 Å². The van der Waals surface area contributed by atoms with Gasteiger partial charge in [-0.2, -0.15) is 11.8 Å². The molecule has 4 heteroatoms. The van der Waals surface area contributed by atoms with Crippen molar-refractivity contribution in [1.29, 1.82) is 0 Å². The van der Waals surface area contributed by atoms with Crippen LogP contribution in [0.3, 0.4) is 0 Å². The molecule has 0 bridgehead atoms. The Hall–Kier alpha value is -0.740. The van der Waals surface area contributed by atoms with Crippen LogP contribution in [0.25, 0.3) is 0 Å². The maximum absolute atomic E-state index is 4.94. The van der Waals surface area contributed by atoms with Crippen LogP contribution in [0.4, 0.5) is 5.82 Å². The first-order valence-electron chi connectivity index (χ1n) is 7.49. The Morgan fingerprint density at radius 2 is 2.05 bits per heavy atom. The largest absolute Gasteiger partial charge is 0.356 e. The van der Waals surface area contributed by atoms with Gasteiger partial charge in [0.05, 0.1) is 0 Å². The zero-order valence-corrected chi connectivity index (χ0v) is 14.0. The summed E-state index contributed by atoms with van der Waals surface area (Å²) in [5, 5.41) is 3.25. The molecule has 0 aromatic carbocycles. The van der Waals surface area contributed by atoms with Crippen molar-refractivity contribution in [2.45, 2.75) is 39.2 Å². The van der Waals surface area contributed by atoms with E-state index in [2.05, 4.69) is 54.9 Å². The molecule has 1 aromatic heterocycles. The van der Waals surface area contributed by atoms with Gasteiger partial charge in [-0.15, -0.1) is 0 Å². The molecule has 0 amide bonds. The number of nitrogens with zero attached hydrogens (tertiary/aromatic N) is 2. The predicted molar refractivity (Wildman–Crippen MR) is 89.9 cm³/mol. The van der Waals surface area contributed by atoms with Crippen molar-refractivity contribution < 1.29 is 0 Å². The van der Waals surface area contributed by atoms with Gasteiger partial charge >= 0.3 is 0 Å². The topological polar surface area (TPSA) is 28.2 Å². The van der Waals surface area contributed by atoms with Crippen molar-refractivity contribution in [3.63, 3.8) is 0 Å². The van der Waals surface area contributed by atoms with Crippen LogP contribution in [0, 0.1) is 0 Å². The summed E-state index contributed by atoms with van der Waals surface area (Å²) >= 11 is 2.06. The Bertz CT molecular complexity index is 432. The Kier molecular flexibility index (Phi) is 5.33. The molecule has 0 unspecified atom stereocenters. The Balaban J connectivity index is 2.32. The molecule has 0 aliphatic carbocycles. The average Bonchev–Trinajstić information content (AvgIpc) is 2.66. The van der Waals surface area contributed by atoms with Crippen molar-refractivity contribution in [2.75, 3.05) is 36.5 Å². The summed E-state index contributed by atoms with van der Waals surface area (Å²) in [7, 11) is 2.00. The molecule has 1 fully saturated rings. The van der Waals surface area contributed by atoms with Gasteiger partial charge in [0.2, 0.25) is 0 Å². The summed E-state index contributed by atoms with van der Waals surface area (Å²) in [6, 6.07) is 4.49. The van der Waals surface area contributed by atoms with Gasteiger partial charge in [0, 0.05) is 36.5 Å². The molecule has 2 rings (SSSR count). The second-order valence-corrected chi connectivity index (χ2v) is 7.68. The van der Waals surface area contributed by atoms with Gasteiger partial charge in [0.25, 0.3) is 0 Å². The number of anilines is 1. The minimum absolute atomic E-state index is 0.0963. The zero-order chi connectivity index (χ0) is 14.6. The fourth-order valence-electron chi connectivity index (χ4n) is 2.40. The van der Waals surface area contributed by atoms with Gasteiger partial charge < -0.3 is 10.2 Å². The molecular weight excluding hydrogens is 266 g/mol. The van der Waals surface area contributed by atoms with Crippen LogP contribution in [0.2, 0.25) is 0 Å². The zero-order valence-electron chi connectivity index (χ0n) is 13.2. The summed E-state index contributed by atoms with van der Waals surface area (Å²) < 4.78 is 0. The van der Waals surface area contributed by atoms with E-state index in [1.54, 1.807) is 0 Å². The monoisotopic (exact) mass is 293 g/mol. The smallest absolute Gasteiger partial charge is 0.129 e. The van der Waals surface area contributed by atoms with Crippen LogP contribution < -0.4 is 10.2 Å². The van der Waals surface area contributed by atoms with Gasteiger partial charge in [0.1, 0.15) is 5.82 Å². The molecule has 0 saturated carbocycles. The standard InChI is InChI=1S/C16H27N3S/c1-16(2,3)14-10-13(12-17-4)11-15(18-14)19-6-5-8-20-9-7-19/h10-11,17H,5-9,12H2,1-4H3. The van der Waals surface area contributed by atoms with Crippen molar-refractivity contribution in [3.8, 4) is 0 Å². The Labute approximate surface area is 127 Å². The highest BCUT2D eigenvalue weighted by Gasteiger charge is 2.19. The fraction of sp³-hybridized carbons (Fsp3) is 0.688. The molecule has 20 heavy (non-hydrogen) atoms. The lowest BCUT2D eigenvalue weighted by atomic mass is 9.90. The van der Waals surface area contributed by atoms with E-state index in [0.717, 1.165) is 25.5 Å². The SMILES string of the molecule is CNCc1cc(N2CCCSCC2)nc(C(C)(C)C)c1. The maximum Gasteiger partial charge on any atom is 0.129 e. The number of hydrogen-bond donors (Lipinski definition) is 1. The first-order valence-corrected chi connectivity index (χ1v) is 8.65. The first-order chi connectivity index (χ1) is 9.50. The Morgan fingerprint density at radius 1 is 1.25 bits per heavy atom. The maximum atomic E-state index is 4.94. The van der Waals surface area contributed by atoms with Gasteiger partial charge in [0.15, 0.2) is 0 Å². The predicted octanol–water partition coefficient (Wildman–Crippen LogP) is 3.04. The van der Waals surface area contributed by atoms with Crippen molar-refractivity contribution in [2.24, 2.45) is 0 Å². The van der Waals surface area contributed by atoms with Crippen molar-refractivity contribution in [1.82, 2.24) is 10.3 Å². The van der Waals surface area contributed by atoms with Gasteiger partial charge in [-0.05, 0) is 36.9 Å². The highest BCUT2D eigenvalue weighted by Crippen LogP contribution is 2.26. The Morgan fingerprint density at radius 3 is 2.75 bits per heavy atom.